The Hall–Kier alpha value is -3.76. The minimum atomic E-state index is -0.437. The molecule has 0 aliphatic carbocycles. The zero-order chi connectivity index (χ0) is 23.9. The molecule has 0 saturated carbocycles. The lowest BCUT2D eigenvalue weighted by Crippen LogP contribution is -2.38. The van der Waals surface area contributed by atoms with E-state index in [2.05, 4.69) is 20.1 Å². The Bertz CT molecular complexity index is 1340. The van der Waals surface area contributed by atoms with Gasteiger partial charge in [0.05, 0.1) is 42.7 Å². The number of hydrogen-bond acceptors (Lipinski definition) is 6. The summed E-state index contributed by atoms with van der Waals surface area (Å²) in [6.45, 7) is 10.6. The van der Waals surface area contributed by atoms with Gasteiger partial charge in [0.2, 0.25) is 11.6 Å². The number of hydrogen-bond donors (Lipinski definition) is 1. The number of H-pyrrole nitrogens is 1. The van der Waals surface area contributed by atoms with E-state index < -0.39 is 5.41 Å². The van der Waals surface area contributed by atoms with Crippen LogP contribution in [0.15, 0.2) is 35.9 Å². The van der Waals surface area contributed by atoms with Gasteiger partial charge < -0.3 is 9.88 Å². The summed E-state index contributed by atoms with van der Waals surface area (Å²) in [5.41, 5.74) is 1.64. The van der Waals surface area contributed by atoms with E-state index in [-0.39, 0.29) is 23.2 Å². The van der Waals surface area contributed by atoms with Crippen molar-refractivity contribution in [1.82, 2.24) is 43.8 Å². The van der Waals surface area contributed by atoms with Gasteiger partial charge in [0, 0.05) is 31.2 Å². The van der Waals surface area contributed by atoms with E-state index in [0.717, 1.165) is 0 Å². The molecule has 4 rings (SSSR count). The average Bonchev–Trinajstić information content (AvgIpc) is 3.50. The molecular weight excluding hydrogens is 422 g/mol. The minimum absolute atomic E-state index is 0.0714. The number of nitrogens with zero attached hydrogens (tertiary/aromatic N) is 8. The number of aromatic nitrogens is 8. The number of fused-ring (bicyclic) bond motifs is 1. The summed E-state index contributed by atoms with van der Waals surface area (Å²) < 4.78 is 4.92. The maximum absolute atomic E-state index is 13.3. The van der Waals surface area contributed by atoms with E-state index >= 15 is 0 Å². The summed E-state index contributed by atoms with van der Waals surface area (Å²) >= 11 is 0. The molecule has 0 radical (unpaired) electrons. The molecule has 0 spiro atoms. The predicted octanol–water partition coefficient (Wildman–Crippen LogP) is 2.23. The maximum atomic E-state index is 13.3. The fraction of sp³-hybridized carbons (Fsp3) is 0.455. The van der Waals surface area contributed by atoms with Gasteiger partial charge >= 0.3 is 0 Å². The topological polar surface area (TPSA) is 119 Å². The van der Waals surface area contributed by atoms with Gasteiger partial charge in [-0.2, -0.15) is 5.10 Å². The van der Waals surface area contributed by atoms with Gasteiger partial charge in [0.1, 0.15) is 5.69 Å². The molecule has 0 aliphatic rings. The van der Waals surface area contributed by atoms with E-state index in [4.69, 9.17) is 5.10 Å². The molecular formula is C22H29N9O2. The van der Waals surface area contributed by atoms with Gasteiger partial charge in [-0.05, 0) is 13.8 Å². The number of carbonyl (C=O) groups excluding carboxylic acids is 1. The Balaban J connectivity index is 1.70. The lowest BCUT2D eigenvalue weighted by atomic mass is 9.95. The van der Waals surface area contributed by atoms with Crippen LogP contribution in [-0.4, -0.2) is 63.3 Å². The summed E-state index contributed by atoms with van der Waals surface area (Å²) in [5, 5.41) is 9.20. The first-order valence-electron chi connectivity index (χ1n) is 10.9. The molecule has 0 bridgehead atoms. The Labute approximate surface area is 191 Å². The van der Waals surface area contributed by atoms with Crippen molar-refractivity contribution in [3.8, 4) is 22.8 Å². The summed E-state index contributed by atoms with van der Waals surface area (Å²) in [7, 11) is 1.79. The van der Waals surface area contributed by atoms with Crippen LogP contribution < -0.4 is 5.56 Å². The third-order valence-corrected chi connectivity index (χ3v) is 5.41. The highest BCUT2D eigenvalue weighted by molar-refractivity contribution is 5.81. The first-order chi connectivity index (χ1) is 15.6. The highest BCUT2D eigenvalue weighted by Gasteiger charge is 2.25. The molecule has 11 heteroatoms. The molecule has 0 atom stereocenters. The molecule has 1 amide bonds. The predicted molar refractivity (Wildman–Crippen MR) is 124 cm³/mol. The molecule has 174 valence electrons. The molecule has 0 saturated heterocycles. The summed E-state index contributed by atoms with van der Waals surface area (Å²) in [5.74, 6) is 0.564. The van der Waals surface area contributed by atoms with E-state index in [1.54, 1.807) is 46.1 Å². The van der Waals surface area contributed by atoms with Crippen molar-refractivity contribution in [2.75, 3.05) is 13.6 Å². The Morgan fingerprint density at radius 2 is 1.97 bits per heavy atom. The van der Waals surface area contributed by atoms with Crippen LogP contribution in [0.4, 0.5) is 0 Å². The van der Waals surface area contributed by atoms with Crippen LogP contribution in [0.3, 0.4) is 0 Å². The van der Waals surface area contributed by atoms with Crippen LogP contribution >= 0.6 is 0 Å². The van der Waals surface area contributed by atoms with Crippen molar-refractivity contribution in [3.63, 3.8) is 0 Å². The van der Waals surface area contributed by atoms with Crippen molar-refractivity contribution in [1.29, 1.82) is 0 Å². The number of carbonyl (C=O) groups is 1. The lowest BCUT2D eigenvalue weighted by molar-refractivity contribution is -0.138. The zero-order valence-corrected chi connectivity index (χ0v) is 19.8. The second kappa shape index (κ2) is 8.30. The first-order valence-corrected chi connectivity index (χ1v) is 10.9. The van der Waals surface area contributed by atoms with Crippen LogP contribution in [0.2, 0.25) is 0 Å². The van der Waals surface area contributed by atoms with E-state index in [9.17, 15) is 9.59 Å². The molecule has 4 heterocycles. The van der Waals surface area contributed by atoms with Crippen molar-refractivity contribution in [2.24, 2.45) is 5.41 Å². The third kappa shape index (κ3) is 4.18. The van der Waals surface area contributed by atoms with E-state index in [1.807, 2.05) is 40.8 Å². The van der Waals surface area contributed by atoms with Gasteiger partial charge in [-0.1, -0.05) is 20.8 Å². The molecule has 0 aliphatic heterocycles. The monoisotopic (exact) mass is 451 g/mol. The molecule has 1 N–H and O–H groups in total. The normalized spacial score (nSPS) is 12.1. The number of nitrogens with one attached hydrogen (secondary N) is 1. The molecule has 4 aromatic heterocycles. The summed E-state index contributed by atoms with van der Waals surface area (Å²) in [6.07, 6.45) is 8.36. The fourth-order valence-corrected chi connectivity index (χ4v) is 3.72. The van der Waals surface area contributed by atoms with Crippen LogP contribution in [0.25, 0.3) is 28.4 Å². The summed E-state index contributed by atoms with van der Waals surface area (Å²) in [6, 6.07) is -0.129. The largest absolute Gasteiger partial charge is 0.343 e. The maximum Gasteiger partial charge on any atom is 0.297 e. The molecule has 0 aromatic carbocycles. The van der Waals surface area contributed by atoms with Crippen LogP contribution in [0.1, 0.15) is 40.7 Å². The Morgan fingerprint density at radius 3 is 2.61 bits per heavy atom. The van der Waals surface area contributed by atoms with Gasteiger partial charge in [-0.25, -0.2) is 14.5 Å². The minimum Gasteiger partial charge on any atom is -0.343 e. The third-order valence-electron chi connectivity index (χ3n) is 5.41. The zero-order valence-electron chi connectivity index (χ0n) is 19.8. The van der Waals surface area contributed by atoms with Crippen molar-refractivity contribution < 1.29 is 4.79 Å². The number of likely N-dealkylation sites (N-methyl/N-ethyl adjacent to an activating group) is 1. The Kier molecular flexibility index (Phi) is 5.64. The number of imidazole rings is 2. The van der Waals surface area contributed by atoms with Crippen LogP contribution in [0, 0.1) is 5.41 Å². The van der Waals surface area contributed by atoms with Gasteiger partial charge in [-0.15, -0.1) is 5.10 Å². The fourth-order valence-electron chi connectivity index (χ4n) is 3.72. The van der Waals surface area contributed by atoms with Gasteiger partial charge in [0.25, 0.3) is 5.56 Å². The summed E-state index contributed by atoms with van der Waals surface area (Å²) in [4.78, 5) is 38.8. The molecule has 11 nitrogen and oxygen atoms in total. The van der Waals surface area contributed by atoms with Crippen molar-refractivity contribution in [2.45, 2.75) is 47.2 Å². The van der Waals surface area contributed by atoms with Crippen molar-refractivity contribution >= 4 is 11.6 Å². The molecule has 33 heavy (non-hydrogen) atoms. The number of rotatable bonds is 6. The number of amides is 1. The van der Waals surface area contributed by atoms with Crippen LogP contribution in [0.5, 0.6) is 0 Å². The number of aromatic amines is 1. The van der Waals surface area contributed by atoms with Gasteiger partial charge in [-0.3, -0.25) is 18.8 Å². The second-order valence-corrected chi connectivity index (χ2v) is 9.41. The molecule has 4 aromatic rings. The SMILES string of the molecule is CC(C)n1c(-c2cnn(CCN(C)C(=O)C(C)(C)C)c2)nn2c(-c3cnc[nH]3)cnc2c1=O. The quantitative estimate of drug-likeness (QED) is 0.480. The lowest BCUT2D eigenvalue weighted by Gasteiger charge is -2.25. The first kappa shape index (κ1) is 22.4. The average molecular weight is 452 g/mol. The van der Waals surface area contributed by atoms with Crippen molar-refractivity contribution in [3.05, 3.63) is 41.5 Å². The molecule has 0 fully saturated rings. The van der Waals surface area contributed by atoms with Gasteiger partial charge in [0.15, 0.2) is 5.82 Å². The highest BCUT2D eigenvalue weighted by Crippen LogP contribution is 2.22. The Morgan fingerprint density at radius 1 is 1.21 bits per heavy atom. The molecule has 0 unspecified atom stereocenters. The highest BCUT2D eigenvalue weighted by atomic mass is 16.2. The smallest absolute Gasteiger partial charge is 0.297 e. The van der Waals surface area contributed by atoms with Crippen LogP contribution in [-0.2, 0) is 11.3 Å². The van der Waals surface area contributed by atoms with E-state index in [0.29, 0.717) is 35.9 Å². The standard InChI is InChI=1S/C22H29N9O2/c1-14(2)30-18(15-9-26-29(12-15)8-7-28(6)21(33)22(3,4)5)27-31-17(16-10-23-13-25-16)11-24-19(31)20(30)32/h9-14H,7-8H2,1-6H3,(H,23,25). The van der Waals surface area contributed by atoms with E-state index in [1.165, 1.54) is 4.52 Å². The second-order valence-electron chi connectivity index (χ2n) is 9.41.